The van der Waals surface area contributed by atoms with Crippen LogP contribution < -0.4 is 10.1 Å². The number of ether oxygens (including phenoxy) is 1. The summed E-state index contributed by atoms with van der Waals surface area (Å²) in [7, 11) is -3.62. The number of carbonyl (C=O) groups excluding carboxylic acids is 1. The lowest BCUT2D eigenvalue weighted by atomic mass is 9.89. The van der Waals surface area contributed by atoms with Crippen molar-refractivity contribution in [2.75, 3.05) is 12.8 Å². The Balaban J connectivity index is 1.78. The monoisotopic (exact) mass is 450 g/mol. The number of halogens is 1. The van der Waals surface area contributed by atoms with Crippen molar-refractivity contribution in [1.29, 1.82) is 0 Å². The van der Waals surface area contributed by atoms with Crippen LogP contribution in [-0.4, -0.2) is 37.0 Å². The SMILES string of the molecule is Cc1ccc2c(c1)OC(C)(C)C[C@@H]2NC(=O)CN(Cc1ccccc1Cl)S(C)(=O)=O. The molecule has 2 aromatic rings. The number of fused-ring (bicyclic) bond motifs is 1. The first kappa shape index (κ1) is 22.6. The minimum Gasteiger partial charge on any atom is -0.487 e. The third-order valence-corrected chi connectivity index (χ3v) is 6.62. The van der Waals surface area contributed by atoms with Crippen LogP contribution in [0.25, 0.3) is 0 Å². The number of aryl methyl sites for hydroxylation is 1. The van der Waals surface area contributed by atoms with Crippen LogP contribution in [0, 0.1) is 6.92 Å². The Kier molecular flexibility index (Phi) is 6.45. The van der Waals surface area contributed by atoms with Crippen molar-refractivity contribution in [2.24, 2.45) is 0 Å². The molecule has 162 valence electrons. The zero-order valence-corrected chi connectivity index (χ0v) is 19.2. The zero-order valence-electron chi connectivity index (χ0n) is 17.6. The van der Waals surface area contributed by atoms with Crippen molar-refractivity contribution in [3.63, 3.8) is 0 Å². The molecule has 0 radical (unpaired) electrons. The van der Waals surface area contributed by atoms with Gasteiger partial charge in [0.1, 0.15) is 11.4 Å². The van der Waals surface area contributed by atoms with Gasteiger partial charge in [0.15, 0.2) is 0 Å². The van der Waals surface area contributed by atoms with Gasteiger partial charge < -0.3 is 10.1 Å². The summed E-state index contributed by atoms with van der Waals surface area (Å²) in [6, 6.07) is 12.6. The predicted molar refractivity (Wildman–Crippen MR) is 118 cm³/mol. The first-order chi connectivity index (χ1) is 13.9. The Bertz CT molecular complexity index is 1050. The lowest BCUT2D eigenvalue weighted by molar-refractivity contribution is -0.122. The molecule has 1 aliphatic heterocycles. The van der Waals surface area contributed by atoms with Crippen LogP contribution in [0.1, 0.15) is 43.0 Å². The number of rotatable bonds is 6. The second-order valence-corrected chi connectivity index (χ2v) is 10.7. The summed E-state index contributed by atoms with van der Waals surface area (Å²) in [4.78, 5) is 12.8. The molecular formula is C22H27ClN2O4S. The maximum atomic E-state index is 12.8. The molecule has 0 unspecified atom stereocenters. The van der Waals surface area contributed by atoms with Gasteiger partial charge in [0.05, 0.1) is 18.8 Å². The normalized spacial score (nSPS) is 17.9. The van der Waals surface area contributed by atoms with Crippen molar-refractivity contribution in [1.82, 2.24) is 9.62 Å². The van der Waals surface area contributed by atoms with Gasteiger partial charge in [-0.15, -0.1) is 0 Å². The Hall–Kier alpha value is -2.09. The van der Waals surface area contributed by atoms with Gasteiger partial charge >= 0.3 is 0 Å². The topological polar surface area (TPSA) is 75.7 Å². The number of carbonyl (C=O) groups is 1. The van der Waals surface area contributed by atoms with Crippen LogP contribution in [0.5, 0.6) is 5.75 Å². The summed E-state index contributed by atoms with van der Waals surface area (Å²) in [5.41, 5.74) is 2.16. The van der Waals surface area contributed by atoms with E-state index in [1.807, 2.05) is 39.0 Å². The van der Waals surface area contributed by atoms with Gasteiger partial charge in [0.25, 0.3) is 0 Å². The van der Waals surface area contributed by atoms with Gasteiger partial charge in [-0.05, 0) is 44.0 Å². The van der Waals surface area contributed by atoms with Crippen molar-refractivity contribution in [3.8, 4) is 5.75 Å². The molecule has 6 nitrogen and oxygen atoms in total. The number of benzene rings is 2. The van der Waals surface area contributed by atoms with E-state index in [2.05, 4.69) is 5.32 Å². The number of hydrogen-bond donors (Lipinski definition) is 1. The fourth-order valence-corrected chi connectivity index (χ4v) is 4.52. The van der Waals surface area contributed by atoms with Crippen LogP contribution in [0.2, 0.25) is 5.02 Å². The largest absolute Gasteiger partial charge is 0.487 e. The molecule has 1 amide bonds. The Labute approximate surface area is 183 Å². The zero-order chi connectivity index (χ0) is 22.1. The average molecular weight is 451 g/mol. The number of nitrogens with zero attached hydrogens (tertiary/aromatic N) is 1. The molecule has 0 saturated heterocycles. The highest BCUT2D eigenvalue weighted by Gasteiger charge is 2.35. The Morgan fingerprint density at radius 3 is 2.63 bits per heavy atom. The average Bonchev–Trinajstić information content (AvgIpc) is 2.60. The standard InChI is InChI=1S/C22H27ClN2O4S/c1-15-9-10-17-19(12-22(2,3)29-20(17)11-15)24-21(26)14-25(30(4,27)28)13-16-7-5-6-8-18(16)23/h5-11,19H,12-14H2,1-4H3,(H,24,26)/t19-/m0/s1. The summed E-state index contributed by atoms with van der Waals surface area (Å²) >= 11 is 6.17. The van der Waals surface area contributed by atoms with Crippen molar-refractivity contribution in [3.05, 3.63) is 64.2 Å². The minimum atomic E-state index is -3.62. The molecule has 0 fully saturated rings. The van der Waals surface area contributed by atoms with Crippen LogP contribution >= 0.6 is 11.6 Å². The maximum absolute atomic E-state index is 12.8. The molecule has 1 heterocycles. The number of sulfonamides is 1. The lowest BCUT2D eigenvalue weighted by Crippen LogP contribution is -2.45. The van der Waals surface area contributed by atoms with Crippen LogP contribution in [0.4, 0.5) is 0 Å². The van der Waals surface area contributed by atoms with E-state index in [9.17, 15) is 13.2 Å². The highest BCUT2D eigenvalue weighted by molar-refractivity contribution is 7.88. The molecular weight excluding hydrogens is 424 g/mol. The first-order valence-electron chi connectivity index (χ1n) is 9.72. The summed E-state index contributed by atoms with van der Waals surface area (Å²) < 4.78 is 31.8. The maximum Gasteiger partial charge on any atom is 0.235 e. The molecule has 0 saturated carbocycles. The second-order valence-electron chi connectivity index (χ2n) is 8.35. The molecule has 1 aliphatic rings. The van der Waals surface area contributed by atoms with E-state index in [1.165, 1.54) is 0 Å². The molecule has 1 atom stereocenters. The van der Waals surface area contributed by atoms with Gasteiger partial charge in [-0.2, -0.15) is 4.31 Å². The van der Waals surface area contributed by atoms with Crippen molar-refractivity contribution < 1.29 is 17.9 Å². The molecule has 0 bridgehead atoms. The van der Waals surface area contributed by atoms with E-state index in [4.69, 9.17) is 16.3 Å². The van der Waals surface area contributed by atoms with Gasteiger partial charge in [-0.3, -0.25) is 4.79 Å². The minimum absolute atomic E-state index is 0.0287. The molecule has 2 aromatic carbocycles. The third-order valence-electron chi connectivity index (χ3n) is 5.06. The molecule has 0 spiro atoms. The quantitative estimate of drug-likeness (QED) is 0.725. The van der Waals surface area contributed by atoms with Crippen molar-refractivity contribution >= 4 is 27.5 Å². The lowest BCUT2D eigenvalue weighted by Gasteiger charge is -2.38. The van der Waals surface area contributed by atoms with E-state index >= 15 is 0 Å². The number of hydrogen-bond acceptors (Lipinski definition) is 4. The van der Waals surface area contributed by atoms with Crippen LogP contribution in [0.3, 0.4) is 0 Å². The van der Waals surface area contributed by atoms with E-state index < -0.39 is 15.6 Å². The van der Waals surface area contributed by atoms with Gasteiger partial charge in [-0.1, -0.05) is 41.9 Å². The predicted octanol–water partition coefficient (Wildman–Crippen LogP) is 3.83. The van der Waals surface area contributed by atoms with Crippen molar-refractivity contribution in [2.45, 2.75) is 45.4 Å². The Morgan fingerprint density at radius 1 is 1.27 bits per heavy atom. The fourth-order valence-electron chi connectivity index (χ4n) is 3.59. The number of amides is 1. The number of nitrogens with one attached hydrogen (secondary N) is 1. The molecule has 3 rings (SSSR count). The van der Waals surface area contributed by atoms with Gasteiger partial charge in [-0.25, -0.2) is 8.42 Å². The molecule has 8 heteroatoms. The fraction of sp³-hybridized carbons (Fsp3) is 0.409. The highest BCUT2D eigenvalue weighted by atomic mass is 35.5. The third kappa shape index (κ3) is 5.53. The Morgan fingerprint density at radius 2 is 1.97 bits per heavy atom. The van der Waals surface area contributed by atoms with E-state index in [-0.39, 0.29) is 25.0 Å². The van der Waals surface area contributed by atoms with E-state index in [1.54, 1.807) is 24.3 Å². The smallest absolute Gasteiger partial charge is 0.235 e. The summed E-state index contributed by atoms with van der Waals surface area (Å²) in [5, 5.41) is 3.46. The molecule has 0 aromatic heterocycles. The van der Waals surface area contributed by atoms with Gasteiger partial charge in [0, 0.05) is 23.6 Å². The highest BCUT2D eigenvalue weighted by Crippen LogP contribution is 2.39. The van der Waals surface area contributed by atoms with Crippen LogP contribution in [-0.2, 0) is 21.4 Å². The summed E-state index contributed by atoms with van der Waals surface area (Å²) in [6.07, 6.45) is 1.67. The van der Waals surface area contributed by atoms with Gasteiger partial charge in [0.2, 0.25) is 15.9 Å². The second kappa shape index (κ2) is 8.57. The molecule has 30 heavy (non-hydrogen) atoms. The summed E-state index contributed by atoms with van der Waals surface area (Å²) in [5.74, 6) is 0.370. The molecule has 0 aliphatic carbocycles. The summed E-state index contributed by atoms with van der Waals surface area (Å²) in [6.45, 7) is 5.66. The first-order valence-corrected chi connectivity index (χ1v) is 11.9. The van der Waals surface area contributed by atoms with E-state index in [0.29, 0.717) is 17.0 Å². The molecule has 1 N–H and O–H groups in total. The van der Waals surface area contributed by atoms with E-state index in [0.717, 1.165) is 27.4 Å². The van der Waals surface area contributed by atoms with Crippen LogP contribution in [0.15, 0.2) is 42.5 Å².